The molecule has 1 aromatic carbocycles. The maximum atomic E-state index is 12.5. The lowest BCUT2D eigenvalue weighted by Crippen LogP contribution is -2.42. The van der Waals surface area contributed by atoms with Crippen molar-refractivity contribution in [1.29, 1.82) is 0 Å². The van der Waals surface area contributed by atoms with Crippen molar-refractivity contribution in [1.82, 2.24) is 10.2 Å². The highest BCUT2D eigenvalue weighted by Crippen LogP contribution is 2.24. The van der Waals surface area contributed by atoms with Crippen LogP contribution in [0.3, 0.4) is 0 Å². The zero-order chi connectivity index (χ0) is 17.8. The summed E-state index contributed by atoms with van der Waals surface area (Å²) in [6.45, 7) is 3.25. The van der Waals surface area contributed by atoms with Gasteiger partial charge in [-0.3, -0.25) is 9.59 Å². The summed E-state index contributed by atoms with van der Waals surface area (Å²) in [5, 5.41) is 12.8. The molecule has 0 radical (unpaired) electrons. The molecule has 2 N–H and O–H groups in total. The van der Waals surface area contributed by atoms with E-state index >= 15 is 0 Å². The lowest BCUT2D eigenvalue weighted by atomic mass is 9.95. The van der Waals surface area contributed by atoms with Crippen LogP contribution < -0.4 is 5.32 Å². The van der Waals surface area contributed by atoms with Crippen molar-refractivity contribution in [3.63, 3.8) is 0 Å². The molecule has 6 heteroatoms. The van der Waals surface area contributed by atoms with E-state index < -0.39 is 0 Å². The van der Waals surface area contributed by atoms with Crippen molar-refractivity contribution in [2.24, 2.45) is 5.92 Å². The van der Waals surface area contributed by atoms with Crippen LogP contribution in [0.2, 0.25) is 0 Å². The maximum Gasteiger partial charge on any atom is 0.257 e. The van der Waals surface area contributed by atoms with Gasteiger partial charge >= 0.3 is 0 Å². The molecule has 132 valence electrons. The number of phenols is 1. The van der Waals surface area contributed by atoms with E-state index in [1.165, 1.54) is 0 Å². The van der Waals surface area contributed by atoms with E-state index in [2.05, 4.69) is 5.32 Å². The Morgan fingerprint density at radius 2 is 2.04 bits per heavy atom. The average molecular weight is 342 g/mol. The fraction of sp³-hybridized carbons (Fsp3) is 0.368. The van der Waals surface area contributed by atoms with Gasteiger partial charge in [0.15, 0.2) is 0 Å². The molecule has 2 aromatic rings. The number of nitrogens with zero attached hydrogens (tertiary/aromatic N) is 1. The molecule has 6 nitrogen and oxygen atoms in total. The minimum absolute atomic E-state index is 0.00307. The standard InChI is InChI=1S/C19H22N2O4/c1-13-4-5-16(17(22)11-13)19(24)21-8-6-14(7-9-21)18(23)20-12-15-3-2-10-25-15/h2-5,10-11,14,22H,6-9,12H2,1H3,(H,20,23). The first-order valence-electron chi connectivity index (χ1n) is 8.43. The molecule has 1 fully saturated rings. The number of benzene rings is 1. The van der Waals surface area contributed by atoms with Gasteiger partial charge in [0, 0.05) is 19.0 Å². The lowest BCUT2D eigenvalue weighted by molar-refractivity contribution is -0.126. The second kappa shape index (κ2) is 7.42. The number of hydrogen-bond donors (Lipinski definition) is 2. The summed E-state index contributed by atoms with van der Waals surface area (Å²) in [4.78, 5) is 26.5. The Hall–Kier alpha value is -2.76. The Balaban J connectivity index is 1.52. The van der Waals surface area contributed by atoms with Crippen LogP contribution in [0.4, 0.5) is 0 Å². The van der Waals surface area contributed by atoms with Crippen molar-refractivity contribution in [2.45, 2.75) is 26.3 Å². The molecule has 0 spiro atoms. The van der Waals surface area contributed by atoms with Crippen molar-refractivity contribution >= 4 is 11.8 Å². The first kappa shape index (κ1) is 17.1. The summed E-state index contributed by atoms with van der Waals surface area (Å²) in [6, 6.07) is 8.64. The van der Waals surface area contributed by atoms with Gasteiger partial charge in [0.25, 0.3) is 5.91 Å². The summed E-state index contributed by atoms with van der Waals surface area (Å²) in [7, 11) is 0. The summed E-state index contributed by atoms with van der Waals surface area (Å²) in [5.41, 5.74) is 1.22. The number of furan rings is 1. The zero-order valence-electron chi connectivity index (χ0n) is 14.2. The van der Waals surface area contributed by atoms with Gasteiger partial charge in [0.1, 0.15) is 11.5 Å². The third-order valence-electron chi connectivity index (χ3n) is 4.55. The molecule has 2 amide bonds. The Kier molecular flexibility index (Phi) is 5.07. The highest BCUT2D eigenvalue weighted by atomic mass is 16.3. The molecule has 3 rings (SSSR count). The molecule has 0 bridgehead atoms. The van der Waals surface area contributed by atoms with Crippen LogP contribution in [-0.2, 0) is 11.3 Å². The molecular weight excluding hydrogens is 320 g/mol. The molecule has 25 heavy (non-hydrogen) atoms. The molecule has 1 saturated heterocycles. The fourth-order valence-corrected chi connectivity index (χ4v) is 3.07. The third kappa shape index (κ3) is 4.02. The first-order valence-corrected chi connectivity index (χ1v) is 8.43. The summed E-state index contributed by atoms with van der Waals surface area (Å²) in [6.07, 6.45) is 2.80. The number of likely N-dealkylation sites (tertiary alicyclic amines) is 1. The van der Waals surface area contributed by atoms with E-state index in [-0.39, 0.29) is 23.5 Å². The molecule has 1 aliphatic heterocycles. The van der Waals surface area contributed by atoms with Crippen LogP contribution in [0.1, 0.15) is 34.5 Å². The molecule has 2 heterocycles. The van der Waals surface area contributed by atoms with Gasteiger partial charge in [-0.2, -0.15) is 0 Å². The molecular formula is C19H22N2O4. The molecule has 1 aliphatic rings. The second-order valence-electron chi connectivity index (χ2n) is 6.38. The number of carbonyl (C=O) groups excluding carboxylic acids is 2. The van der Waals surface area contributed by atoms with Crippen LogP contribution in [0.5, 0.6) is 5.75 Å². The van der Waals surface area contributed by atoms with Crippen LogP contribution >= 0.6 is 0 Å². The van der Waals surface area contributed by atoms with Gasteiger partial charge in [-0.1, -0.05) is 6.07 Å². The van der Waals surface area contributed by atoms with Crippen molar-refractivity contribution in [3.05, 3.63) is 53.5 Å². The first-order chi connectivity index (χ1) is 12.0. The Morgan fingerprint density at radius 3 is 2.68 bits per heavy atom. The minimum atomic E-state index is -0.188. The van der Waals surface area contributed by atoms with Gasteiger partial charge < -0.3 is 19.7 Å². The number of piperidine rings is 1. The highest BCUT2D eigenvalue weighted by molar-refractivity contribution is 5.97. The van der Waals surface area contributed by atoms with Crippen molar-refractivity contribution < 1.29 is 19.1 Å². The molecule has 0 atom stereocenters. The number of amides is 2. The molecule has 0 aliphatic carbocycles. The molecule has 1 aromatic heterocycles. The monoisotopic (exact) mass is 342 g/mol. The highest BCUT2D eigenvalue weighted by Gasteiger charge is 2.28. The van der Waals surface area contributed by atoms with E-state index in [1.54, 1.807) is 29.4 Å². The van der Waals surface area contributed by atoms with Crippen LogP contribution in [0.25, 0.3) is 0 Å². The minimum Gasteiger partial charge on any atom is -0.507 e. The van der Waals surface area contributed by atoms with Crippen LogP contribution in [-0.4, -0.2) is 34.9 Å². The SMILES string of the molecule is Cc1ccc(C(=O)N2CCC(C(=O)NCc3ccco3)CC2)c(O)c1. The Labute approximate surface area is 146 Å². The predicted octanol–water partition coefficient (Wildman–Crippen LogP) is 2.46. The van der Waals surface area contributed by atoms with E-state index in [0.29, 0.717) is 38.0 Å². The zero-order valence-corrected chi connectivity index (χ0v) is 14.2. The van der Waals surface area contributed by atoms with Crippen LogP contribution in [0, 0.1) is 12.8 Å². The smallest absolute Gasteiger partial charge is 0.257 e. The number of aryl methyl sites for hydroxylation is 1. The van der Waals surface area contributed by atoms with Crippen molar-refractivity contribution in [3.8, 4) is 5.75 Å². The summed E-state index contributed by atoms with van der Waals surface area (Å²) in [5.74, 6) is 0.415. The number of rotatable bonds is 4. The maximum absolute atomic E-state index is 12.5. The predicted molar refractivity (Wildman–Crippen MR) is 92.0 cm³/mol. The Morgan fingerprint density at radius 1 is 1.28 bits per heavy atom. The number of aromatic hydroxyl groups is 1. The number of nitrogens with one attached hydrogen (secondary N) is 1. The van der Waals surface area contributed by atoms with E-state index in [9.17, 15) is 14.7 Å². The van der Waals surface area contributed by atoms with Crippen LogP contribution in [0.15, 0.2) is 41.0 Å². The van der Waals surface area contributed by atoms with E-state index in [1.807, 2.05) is 19.1 Å². The second-order valence-corrected chi connectivity index (χ2v) is 6.38. The third-order valence-corrected chi connectivity index (χ3v) is 4.55. The van der Waals surface area contributed by atoms with E-state index in [4.69, 9.17) is 4.42 Å². The Bertz CT molecular complexity index is 747. The largest absolute Gasteiger partial charge is 0.507 e. The number of phenolic OH excluding ortho intramolecular Hbond substituents is 1. The number of carbonyl (C=O) groups is 2. The van der Waals surface area contributed by atoms with Gasteiger partial charge in [-0.05, 0) is 49.6 Å². The van der Waals surface area contributed by atoms with Gasteiger partial charge in [0.2, 0.25) is 5.91 Å². The summed E-state index contributed by atoms with van der Waals surface area (Å²) >= 11 is 0. The van der Waals surface area contributed by atoms with Gasteiger partial charge in [0.05, 0.1) is 18.4 Å². The normalized spacial score (nSPS) is 15.2. The molecule has 0 saturated carbocycles. The average Bonchev–Trinajstić information content (AvgIpc) is 3.13. The fourth-order valence-electron chi connectivity index (χ4n) is 3.07. The lowest BCUT2D eigenvalue weighted by Gasteiger charge is -2.31. The summed E-state index contributed by atoms with van der Waals surface area (Å²) < 4.78 is 5.20. The van der Waals surface area contributed by atoms with Gasteiger partial charge in [-0.15, -0.1) is 0 Å². The van der Waals surface area contributed by atoms with Gasteiger partial charge in [-0.25, -0.2) is 0 Å². The number of hydrogen-bond acceptors (Lipinski definition) is 4. The topological polar surface area (TPSA) is 82.8 Å². The quantitative estimate of drug-likeness (QED) is 0.894. The molecule has 0 unspecified atom stereocenters. The van der Waals surface area contributed by atoms with E-state index in [0.717, 1.165) is 11.3 Å². The van der Waals surface area contributed by atoms with Crippen molar-refractivity contribution in [2.75, 3.05) is 13.1 Å².